The van der Waals surface area contributed by atoms with Crippen LogP contribution in [0.4, 0.5) is 35.4 Å². The Morgan fingerprint density at radius 2 is 0.630 bits per heavy atom. The lowest BCUT2D eigenvalue weighted by atomic mass is 10.2. The third kappa shape index (κ3) is 21.3. The number of fused-ring (bicyclic) bond motifs is 4. The minimum atomic E-state index is -4.84. The molecule has 23 atom stereocenters. The molecule has 57 nitrogen and oxygen atoms in total. The molecule has 23 N–H and O–H groups in total. The van der Waals surface area contributed by atoms with Gasteiger partial charge in [0, 0.05) is 50.9 Å². The fraction of sp³-hybridized carbons (Fsp3) is 0.517. The Labute approximate surface area is 737 Å². The first-order chi connectivity index (χ1) is 59.9. The highest BCUT2D eigenvalue weighted by atomic mass is 32.7. The van der Waals surface area contributed by atoms with Crippen LogP contribution in [0.2, 0.25) is 0 Å². The number of imidazole rings is 4. The maximum absolute atomic E-state index is 14.9. The van der Waals surface area contributed by atoms with E-state index in [1.165, 1.54) is 68.1 Å². The number of hydrogen-bond donors (Lipinski definition) is 18. The maximum atomic E-state index is 14.9. The molecule has 0 bridgehead atoms. The smallest absolute Gasteiger partial charge is 0.386 e. The first kappa shape index (κ1) is 93.1. The monoisotopic (exact) mass is 2010 g/mol. The van der Waals surface area contributed by atoms with Gasteiger partial charge in [0.15, 0.2) is 44.7 Å². The summed E-state index contributed by atoms with van der Waals surface area (Å²) in [6.07, 6.45) is -17.9. The van der Waals surface area contributed by atoms with Crippen LogP contribution in [-0.4, -0.2) is 245 Å². The molecule has 127 heavy (non-hydrogen) atoms. The molecule has 0 aromatic carbocycles. The van der Waals surface area contributed by atoms with Gasteiger partial charge in [0.25, 0.3) is 22.2 Å². The standard InChI is InChI=1S/C58H74N26O31P6S6/c59-33-1-3-79(57(90)69-33)36-6-22(28(106-36)12-99-116(92,93)122)111-118(95,124)102-14-30-25(9-39(108-30)83-19-67-43-47(83)73-55(63)77-51(43)88)114-120(97,126)104-16-32-26(10-40(110-32)84-20-68-44-48(84)74-56(64)78-52(44)89)115-121(98,127)103-15-31-24(8-38(109-31)82-18-66-42-46(82)72-54(62)76-50(42)87)113-119(96,125)101-13-29-23(7-37(107-29)80-4-2-34(60)70-58(80)91)112-117(94,123)100-11-27-21(85)5-35(105-27)81-17-65-41-45(81)71-53(61)75-49(41)86/h1-4,17-32,35-40,85H,5-16H2,(H,94,123)(H,95,124)(H,96,125)(H,97,126)(H,98,127)(H2,59,69,90)(H2,60,70,91)(H2,92,93,122)(H3,61,71,75,86)(H3,62,72,76,87)(H3,63,73,77,88)(H3,64,74,78,89). The molecule has 69 heteroatoms. The zero-order chi connectivity index (χ0) is 90.5. The van der Waals surface area contributed by atoms with E-state index in [1.54, 1.807) is 0 Å². The topological polar surface area (TPSA) is 796 Å². The lowest BCUT2D eigenvalue weighted by Gasteiger charge is -2.28. The van der Waals surface area contributed by atoms with Crippen LogP contribution in [0.1, 0.15) is 75.9 Å². The number of nitrogens with one attached hydrogen (secondary N) is 4. The SMILES string of the molecule is Nc1ccn(C2CC(OP(O)(=S)OCC3OC(n4cnc5c(=O)[nH]c(N)nc54)CC3OP(=O)(S)OCC3OC(n4cnc5c(=O)[nH]c(N)nc54)CC3OP(O)(=S)OCC3OC(n4cnc5c(=O)[nH]c(N)nc54)CC3OP(O)(=S)OCC3OC(n4ccc(N)nc4=O)CC3OP(O)(=S)OCC3OC(n4cnc5c(=O)[nH]c(N)nc54)CC3O)C(COP(O)(O)=S)O2)c(=O)n1. The summed E-state index contributed by atoms with van der Waals surface area (Å²) >= 11 is 31.2. The van der Waals surface area contributed by atoms with Crippen LogP contribution in [-0.2, 0) is 142 Å². The molecule has 6 aliphatic heterocycles. The fourth-order valence-corrected chi connectivity index (χ4v) is 22.6. The Balaban J connectivity index is 0.619. The van der Waals surface area contributed by atoms with E-state index in [2.05, 4.69) is 93.8 Å². The molecule has 0 spiro atoms. The van der Waals surface area contributed by atoms with E-state index in [0.29, 0.717) is 0 Å². The predicted octanol–water partition coefficient (Wildman–Crippen LogP) is -2.25. The van der Waals surface area contributed by atoms with Crippen molar-refractivity contribution in [3.63, 3.8) is 0 Å². The molecule has 6 saturated heterocycles. The number of aliphatic hydroxyl groups excluding tert-OH is 1. The van der Waals surface area contributed by atoms with E-state index in [1.807, 2.05) is 0 Å². The number of nitrogens with zero attached hydrogens (tertiary/aromatic N) is 16. The van der Waals surface area contributed by atoms with Crippen molar-refractivity contribution in [2.24, 2.45) is 0 Å². The molecule has 688 valence electrons. The first-order valence-electron chi connectivity index (χ1n) is 37.1. The number of anilines is 6. The van der Waals surface area contributed by atoms with Gasteiger partial charge < -0.3 is 138 Å². The summed E-state index contributed by atoms with van der Waals surface area (Å²) in [5.74, 6) is -1.42. The summed E-state index contributed by atoms with van der Waals surface area (Å²) in [6.45, 7) is -31.9. The Morgan fingerprint density at radius 1 is 0.378 bits per heavy atom. The summed E-state index contributed by atoms with van der Waals surface area (Å²) in [6, 6.07) is 2.60. The van der Waals surface area contributed by atoms with Crippen molar-refractivity contribution in [3.8, 4) is 0 Å². The zero-order valence-electron chi connectivity index (χ0n) is 64.2. The van der Waals surface area contributed by atoms with E-state index in [0.717, 1.165) is 9.13 Å². The van der Waals surface area contributed by atoms with Gasteiger partial charge >= 0.3 is 51.8 Å². The van der Waals surface area contributed by atoms with Crippen LogP contribution in [0.5, 0.6) is 0 Å². The minimum absolute atomic E-state index is 0.0560. The van der Waals surface area contributed by atoms with Gasteiger partial charge in [-0.3, -0.25) is 75.6 Å². The second-order valence-corrected chi connectivity index (χ2v) is 45.5. The van der Waals surface area contributed by atoms with Crippen molar-refractivity contribution < 1.29 is 117 Å². The summed E-state index contributed by atoms with van der Waals surface area (Å²) in [5.41, 5.74) is 29.8. The molecule has 16 rings (SSSR count). The van der Waals surface area contributed by atoms with Crippen LogP contribution < -0.4 is 68.0 Å². The minimum Gasteiger partial charge on any atom is -0.390 e. The van der Waals surface area contributed by atoms with E-state index in [9.17, 15) is 67.8 Å². The highest BCUT2D eigenvalue weighted by Crippen LogP contribution is 2.60. The average molecular weight is 2010 g/mol. The second kappa shape index (κ2) is 36.8. The number of hydrogen-bond acceptors (Lipinski definition) is 46. The van der Waals surface area contributed by atoms with Crippen LogP contribution >= 0.6 is 52.6 Å². The Morgan fingerprint density at radius 3 is 0.921 bits per heavy atom. The van der Waals surface area contributed by atoms with Crippen molar-refractivity contribution >= 4 is 192 Å². The third-order valence-electron chi connectivity index (χ3n) is 20.2. The average Bonchev–Trinajstić information content (AvgIpc) is 1.63. The van der Waals surface area contributed by atoms with Gasteiger partial charge in [-0.15, -0.1) is 0 Å². The Hall–Kier alpha value is -7.17. The maximum Gasteiger partial charge on any atom is 0.386 e. The molecule has 10 aromatic heterocycles. The number of rotatable bonds is 34. The summed E-state index contributed by atoms with van der Waals surface area (Å²) < 4.78 is 125. The number of aromatic amines is 4. The molecule has 0 saturated carbocycles. The van der Waals surface area contributed by atoms with Gasteiger partial charge in [0.2, 0.25) is 23.8 Å². The van der Waals surface area contributed by atoms with Crippen molar-refractivity contribution in [1.29, 1.82) is 0 Å². The number of nitrogens with two attached hydrogens (primary N) is 6. The van der Waals surface area contributed by atoms with E-state index in [4.69, 9.17) is 160 Å². The number of ether oxygens (including phenoxy) is 6. The van der Waals surface area contributed by atoms with Crippen LogP contribution in [0.25, 0.3) is 44.7 Å². The highest BCUT2D eigenvalue weighted by molar-refractivity contribution is 8.44. The van der Waals surface area contributed by atoms with E-state index in [-0.39, 0.29) is 119 Å². The fourth-order valence-electron chi connectivity index (χ4n) is 14.6. The number of thiol groups is 1. The lowest BCUT2D eigenvalue weighted by molar-refractivity contribution is -0.0560. The molecule has 10 aromatic rings. The molecule has 0 radical (unpaired) electrons. The summed E-state index contributed by atoms with van der Waals surface area (Å²) in [7, 11) is 0. The van der Waals surface area contributed by atoms with Crippen molar-refractivity contribution in [1.82, 2.24) is 97.2 Å². The molecule has 6 fully saturated rings. The normalized spacial score (nSPS) is 28.9. The van der Waals surface area contributed by atoms with Crippen LogP contribution in [0.15, 0.2) is 78.6 Å². The number of nitrogen functional groups attached to an aromatic ring is 6. The number of aliphatic hydroxyl groups is 1. The van der Waals surface area contributed by atoms with Gasteiger partial charge in [0.05, 0.1) is 95.5 Å². The molecule has 6 aliphatic rings. The zero-order valence-corrected chi connectivity index (χ0v) is 74.6. The van der Waals surface area contributed by atoms with Gasteiger partial charge in [-0.2, -0.15) is 29.9 Å². The van der Waals surface area contributed by atoms with Gasteiger partial charge in [-0.1, -0.05) is 12.2 Å². The van der Waals surface area contributed by atoms with Gasteiger partial charge in [0.1, 0.15) is 91.7 Å². The van der Waals surface area contributed by atoms with Crippen LogP contribution in [0.3, 0.4) is 0 Å². The summed E-state index contributed by atoms with van der Waals surface area (Å²) in [5, 5.41) is 11.1. The quantitative estimate of drug-likeness (QED) is 0.0150. The molecule has 23 unspecified atom stereocenters. The molecular formula is C58H74N26O31P6S6. The third-order valence-corrected chi connectivity index (χ3v) is 29.0. The first-order valence-corrected chi connectivity index (χ1v) is 52.8. The van der Waals surface area contributed by atoms with Crippen molar-refractivity contribution in [2.75, 3.05) is 74.0 Å². The second-order valence-electron chi connectivity index (χ2n) is 28.8. The van der Waals surface area contributed by atoms with Crippen molar-refractivity contribution in [3.05, 3.63) is 112 Å². The number of aromatic nitrogens is 20. The summed E-state index contributed by atoms with van der Waals surface area (Å²) in [4.78, 5) is 196. The van der Waals surface area contributed by atoms with E-state index < -0.39 is 224 Å². The lowest BCUT2D eigenvalue weighted by Crippen LogP contribution is -2.32. The predicted molar refractivity (Wildman–Crippen MR) is 455 cm³/mol. The van der Waals surface area contributed by atoms with Crippen molar-refractivity contribution in [2.45, 2.75) is 149 Å². The Kier molecular flexibility index (Phi) is 26.9. The molecule has 0 aliphatic carbocycles. The van der Waals surface area contributed by atoms with Gasteiger partial charge in [-0.25, -0.2) is 34.1 Å². The molecule has 0 amide bonds. The van der Waals surface area contributed by atoms with Gasteiger partial charge in [-0.05, 0) is 71.2 Å². The number of H-pyrrole nitrogens is 4. The van der Waals surface area contributed by atoms with Crippen LogP contribution in [0, 0.1) is 0 Å². The largest absolute Gasteiger partial charge is 0.390 e. The molecular weight excluding hydrogens is 1940 g/mol. The highest BCUT2D eigenvalue weighted by Gasteiger charge is 2.51. The molecule has 16 heterocycles. The van der Waals surface area contributed by atoms with E-state index >= 15 is 0 Å². The Bertz CT molecular complexity index is 6580.